The van der Waals surface area contributed by atoms with E-state index >= 15 is 0 Å². The molecule has 0 atom stereocenters. The van der Waals surface area contributed by atoms with Crippen LogP contribution in [-0.2, 0) is 0 Å². The summed E-state index contributed by atoms with van der Waals surface area (Å²) >= 11 is 1.90. The van der Waals surface area contributed by atoms with E-state index in [1.807, 2.05) is 52.9 Å². The van der Waals surface area contributed by atoms with E-state index in [0.717, 1.165) is 0 Å². The molecule has 0 unspecified atom stereocenters. The average Bonchev–Trinajstić information content (AvgIpc) is 4.14. The van der Waals surface area contributed by atoms with Gasteiger partial charge in [-0.3, -0.25) is 0 Å². The van der Waals surface area contributed by atoms with Gasteiger partial charge >= 0.3 is 0 Å². The lowest BCUT2D eigenvalue weighted by Gasteiger charge is -2.09. The smallest absolute Gasteiger partial charge is 0.0620 e. The molecule has 2 nitrogen and oxygen atoms in total. The number of aryl methyl sites for hydroxylation is 2. The van der Waals surface area contributed by atoms with E-state index in [0.29, 0.717) is 0 Å². The molecule has 13 aromatic rings. The van der Waals surface area contributed by atoms with Crippen molar-refractivity contribution in [3.05, 3.63) is 218 Å². The lowest BCUT2D eigenvalue weighted by Crippen LogP contribution is -1.93. The van der Waals surface area contributed by atoms with E-state index in [-0.39, 0.29) is 0 Å². The topological polar surface area (TPSA) is 9.34 Å². The summed E-state index contributed by atoms with van der Waals surface area (Å²) in [6, 6.07) is 66.9. The first-order valence-electron chi connectivity index (χ1n) is 23.8. The van der Waals surface area contributed by atoms with Gasteiger partial charge in [0.15, 0.2) is 0 Å². The fourth-order valence-electron chi connectivity index (χ4n) is 9.37. The van der Waals surface area contributed by atoms with Crippen LogP contribution in [0.25, 0.3) is 108 Å². The Bertz CT molecular complexity index is 3740. The van der Waals surface area contributed by atoms with Gasteiger partial charge in [-0.2, -0.15) is 0 Å². The number of allylic oxidation sites excluding steroid dienone is 2. The molecule has 0 aliphatic rings. The highest BCUT2D eigenvalue weighted by molar-refractivity contribution is 7.26. The fraction of sp³-hybridized carbons (Fsp3) is 0.125. The van der Waals surface area contributed by atoms with Crippen molar-refractivity contribution >= 4 is 102 Å². The average molecular weight is 889 g/mol. The Kier molecular flexibility index (Phi) is 14.0. The summed E-state index contributed by atoms with van der Waals surface area (Å²) in [5.74, 6) is 0. The van der Waals surface area contributed by atoms with Crippen LogP contribution in [0.2, 0.25) is 0 Å². The molecule has 4 heterocycles. The zero-order valence-corrected chi connectivity index (χ0v) is 41.0. The number of nitrogens with zero attached hydrogens (tertiary/aromatic N) is 2. The summed E-state index contributed by atoms with van der Waals surface area (Å²) in [6.45, 7) is 23.0. The van der Waals surface area contributed by atoms with Crippen molar-refractivity contribution in [3.8, 4) is 16.8 Å². The molecule has 0 amide bonds. The second-order valence-electron chi connectivity index (χ2n) is 15.9. The maximum absolute atomic E-state index is 3.36. The quantitative estimate of drug-likeness (QED) is 0.156. The largest absolute Gasteiger partial charge is 0.309 e. The highest BCUT2D eigenvalue weighted by atomic mass is 32.1. The van der Waals surface area contributed by atoms with Gasteiger partial charge in [-0.05, 0) is 101 Å². The van der Waals surface area contributed by atoms with Crippen LogP contribution in [0.4, 0.5) is 0 Å². The molecule has 0 radical (unpaired) electrons. The lowest BCUT2D eigenvalue weighted by molar-refractivity contribution is 1.18. The van der Waals surface area contributed by atoms with Gasteiger partial charge in [-0.1, -0.05) is 194 Å². The Morgan fingerprint density at radius 1 is 0.388 bits per heavy atom. The van der Waals surface area contributed by atoms with E-state index < -0.39 is 0 Å². The van der Waals surface area contributed by atoms with E-state index in [4.69, 9.17) is 0 Å². The maximum Gasteiger partial charge on any atom is 0.0620 e. The Hall–Kier alpha value is -7.46. The highest BCUT2D eigenvalue weighted by Crippen LogP contribution is 2.45. The number of thiophene rings is 1. The molecule has 67 heavy (non-hydrogen) atoms. The summed E-state index contributed by atoms with van der Waals surface area (Å²) in [4.78, 5) is 0. The molecular weight excluding hydrogens is 829 g/mol. The zero-order chi connectivity index (χ0) is 47.2. The van der Waals surface area contributed by atoms with Crippen molar-refractivity contribution in [1.29, 1.82) is 0 Å². The first kappa shape index (κ1) is 46.1. The van der Waals surface area contributed by atoms with Crippen molar-refractivity contribution < 1.29 is 0 Å². The summed E-state index contributed by atoms with van der Waals surface area (Å²) < 4.78 is 7.52. The number of aromatic nitrogens is 2. The van der Waals surface area contributed by atoms with Gasteiger partial charge in [-0.25, -0.2) is 0 Å². The SMILES string of the molecule is C=CC=C.CC.CC.CC.Cc1ccccc1C.c1ccc2c(c1)c1ccccc1n2-c1ccc(-c2ccc3c(c2)sc2cc4ccc5c(c4cc23)c2cccc3c4ccccc4n5c32)cc1. The number of rotatable bonds is 3. The van der Waals surface area contributed by atoms with Crippen molar-refractivity contribution in [1.82, 2.24) is 8.97 Å². The van der Waals surface area contributed by atoms with Gasteiger partial charge in [0.05, 0.1) is 27.6 Å². The lowest BCUT2D eigenvalue weighted by atomic mass is 9.99. The second-order valence-corrected chi connectivity index (χ2v) is 17.0. The van der Waals surface area contributed by atoms with Crippen LogP contribution in [0.15, 0.2) is 207 Å². The molecule has 0 fully saturated rings. The molecule has 0 aliphatic carbocycles. The Morgan fingerprint density at radius 2 is 0.896 bits per heavy atom. The van der Waals surface area contributed by atoms with Crippen molar-refractivity contribution in [2.45, 2.75) is 55.4 Å². The molecule has 9 aromatic carbocycles. The molecule has 13 rings (SSSR count). The van der Waals surface area contributed by atoms with Crippen LogP contribution in [-0.4, -0.2) is 8.97 Å². The fourth-order valence-corrected chi connectivity index (χ4v) is 10.5. The predicted octanol–water partition coefficient (Wildman–Crippen LogP) is 19.9. The molecule has 0 saturated heterocycles. The molecular formula is C64H60N2S. The summed E-state index contributed by atoms with van der Waals surface area (Å²) in [5, 5.41) is 13.2. The second kappa shape index (κ2) is 20.4. The Balaban J connectivity index is 0.000000293. The predicted molar refractivity (Wildman–Crippen MR) is 302 cm³/mol. The third-order valence-corrected chi connectivity index (χ3v) is 13.5. The highest BCUT2D eigenvalue weighted by Gasteiger charge is 2.19. The number of benzene rings is 9. The summed E-state index contributed by atoms with van der Waals surface area (Å²) in [5.41, 5.74) is 12.8. The number of para-hydroxylation sites is 4. The molecule has 0 spiro atoms. The molecule has 0 N–H and O–H groups in total. The number of hydrogen-bond acceptors (Lipinski definition) is 1. The minimum Gasteiger partial charge on any atom is -0.309 e. The van der Waals surface area contributed by atoms with E-state index in [1.165, 1.54) is 119 Å². The zero-order valence-electron chi connectivity index (χ0n) is 40.2. The maximum atomic E-state index is 3.36. The molecule has 332 valence electrons. The van der Waals surface area contributed by atoms with Crippen molar-refractivity contribution in [3.63, 3.8) is 0 Å². The van der Waals surface area contributed by atoms with Crippen molar-refractivity contribution in [2.75, 3.05) is 0 Å². The minimum atomic E-state index is 1.18. The van der Waals surface area contributed by atoms with E-state index in [9.17, 15) is 0 Å². The van der Waals surface area contributed by atoms with Crippen LogP contribution in [0.5, 0.6) is 0 Å². The third kappa shape index (κ3) is 8.15. The van der Waals surface area contributed by atoms with Crippen LogP contribution in [0, 0.1) is 13.8 Å². The molecule has 3 heteroatoms. The standard InChI is InChI=1S/C46H26N2S.C8H10.C4H6.3C2H6/c1-4-13-39-31(8-1)32-9-2-5-14-40(32)47(39)30-20-16-27(17-21-30)28-18-22-34-38-26-37-29(25-44(38)49-43(34)24-28)19-23-42-45(37)36-12-7-11-35-33-10-3-6-15-41(33)48(42)46(35)36;1-7-5-3-4-6-8(7)2;1-3-4-2;3*1-2/h1-26H;3-6H,1-2H3;3-4H,1-2H2;3*1-2H3. The molecule has 0 bridgehead atoms. The van der Waals surface area contributed by atoms with Crippen LogP contribution in [0.3, 0.4) is 0 Å². The molecule has 0 aliphatic heterocycles. The minimum absolute atomic E-state index is 1.18. The number of hydrogen-bond donors (Lipinski definition) is 0. The first-order valence-corrected chi connectivity index (χ1v) is 24.6. The van der Waals surface area contributed by atoms with Crippen LogP contribution in [0.1, 0.15) is 52.7 Å². The third-order valence-electron chi connectivity index (χ3n) is 12.4. The van der Waals surface area contributed by atoms with E-state index in [1.54, 1.807) is 12.2 Å². The van der Waals surface area contributed by atoms with Gasteiger partial charge in [-0.15, -0.1) is 11.3 Å². The van der Waals surface area contributed by atoms with Crippen LogP contribution < -0.4 is 0 Å². The summed E-state index contributed by atoms with van der Waals surface area (Å²) in [7, 11) is 0. The Labute approximate surface area is 399 Å². The number of fused-ring (bicyclic) bond motifs is 14. The normalized spacial score (nSPS) is 10.8. The van der Waals surface area contributed by atoms with Gasteiger partial charge in [0.1, 0.15) is 0 Å². The van der Waals surface area contributed by atoms with Gasteiger partial charge in [0.2, 0.25) is 0 Å². The first-order chi connectivity index (χ1) is 33.0. The van der Waals surface area contributed by atoms with Gasteiger partial charge in [0.25, 0.3) is 0 Å². The Morgan fingerprint density at radius 3 is 1.49 bits per heavy atom. The van der Waals surface area contributed by atoms with Gasteiger partial charge in [0, 0.05) is 58.2 Å². The molecule has 0 saturated carbocycles. The van der Waals surface area contributed by atoms with Crippen molar-refractivity contribution in [2.24, 2.45) is 0 Å². The monoisotopic (exact) mass is 888 g/mol. The molecule has 4 aromatic heterocycles. The summed E-state index contributed by atoms with van der Waals surface area (Å²) in [6.07, 6.45) is 3.28. The van der Waals surface area contributed by atoms with Gasteiger partial charge < -0.3 is 8.97 Å². The van der Waals surface area contributed by atoms with Crippen LogP contribution >= 0.6 is 11.3 Å². The van der Waals surface area contributed by atoms with E-state index in [2.05, 4.69) is 218 Å².